The second kappa shape index (κ2) is 7.71. The number of aliphatic hydroxyl groups is 1. The highest BCUT2D eigenvalue weighted by Gasteiger charge is 2.59. The number of fused-ring (bicyclic) bond motifs is 5. The second-order valence-electron chi connectivity index (χ2n) is 11.4. The highest BCUT2D eigenvalue weighted by molar-refractivity contribution is 5.25. The van der Waals surface area contributed by atoms with E-state index < -0.39 is 0 Å². The Morgan fingerprint density at radius 2 is 1.79 bits per heavy atom. The molecule has 3 nitrogen and oxygen atoms in total. The van der Waals surface area contributed by atoms with Gasteiger partial charge in [-0.05, 0) is 121 Å². The van der Waals surface area contributed by atoms with Crippen LogP contribution in [0.15, 0.2) is 11.6 Å². The molecule has 0 unspecified atom stereocenters. The van der Waals surface area contributed by atoms with Gasteiger partial charge in [-0.15, -0.1) is 0 Å². The van der Waals surface area contributed by atoms with Crippen LogP contribution in [0.3, 0.4) is 0 Å². The van der Waals surface area contributed by atoms with Crippen LogP contribution in [0.4, 0.5) is 0 Å². The molecule has 4 rings (SSSR count). The van der Waals surface area contributed by atoms with E-state index in [-0.39, 0.29) is 6.10 Å². The number of hydrogen-bond acceptors (Lipinski definition) is 3. The summed E-state index contributed by atoms with van der Waals surface area (Å²) in [5.41, 5.74) is 2.48. The van der Waals surface area contributed by atoms with Crippen molar-refractivity contribution in [2.24, 2.45) is 28.6 Å². The highest BCUT2D eigenvalue weighted by atomic mass is 16.3. The lowest BCUT2D eigenvalue weighted by Gasteiger charge is -2.58. The van der Waals surface area contributed by atoms with Crippen LogP contribution in [0.5, 0.6) is 0 Å². The van der Waals surface area contributed by atoms with Crippen molar-refractivity contribution in [3.05, 3.63) is 11.6 Å². The maximum absolute atomic E-state index is 10.2. The fourth-order valence-corrected chi connectivity index (χ4v) is 8.13. The summed E-state index contributed by atoms with van der Waals surface area (Å²) >= 11 is 0. The fraction of sp³-hybridized carbons (Fsp3) is 0.920. The van der Waals surface area contributed by atoms with E-state index in [4.69, 9.17) is 0 Å². The molecule has 4 aliphatic carbocycles. The lowest BCUT2D eigenvalue weighted by molar-refractivity contribution is -0.0565. The van der Waals surface area contributed by atoms with Crippen LogP contribution in [-0.2, 0) is 0 Å². The van der Waals surface area contributed by atoms with Crippen molar-refractivity contribution in [3.8, 4) is 0 Å². The van der Waals surface area contributed by atoms with Gasteiger partial charge in [0, 0.05) is 6.04 Å². The molecular formula is C25H44N2O. The summed E-state index contributed by atoms with van der Waals surface area (Å²) < 4.78 is 0. The standard InChI is InChI=1S/C25H44N2O/c1-24-13-11-19(28)17-18(24)7-8-20-21-9-10-23(25(21,2)14-12-22(20)24)27(5)16-6-15-26(3)4/h7,19-23,28H,6,8-17H2,1-5H3/t19-,20-,21-,22-,23-,24+,25-/m0/s1. The lowest BCUT2D eigenvalue weighted by atomic mass is 9.48. The van der Waals surface area contributed by atoms with Crippen molar-refractivity contribution in [2.75, 3.05) is 34.2 Å². The van der Waals surface area contributed by atoms with Crippen molar-refractivity contribution < 1.29 is 5.11 Å². The zero-order chi connectivity index (χ0) is 20.1. The average Bonchev–Trinajstić information content (AvgIpc) is 2.99. The van der Waals surface area contributed by atoms with Gasteiger partial charge in [-0.2, -0.15) is 0 Å². The summed E-state index contributed by atoms with van der Waals surface area (Å²) in [7, 11) is 6.76. The molecule has 0 radical (unpaired) electrons. The Bertz CT molecular complexity index is 601. The maximum atomic E-state index is 10.2. The molecule has 3 fully saturated rings. The van der Waals surface area contributed by atoms with Crippen LogP contribution in [0.25, 0.3) is 0 Å². The fourth-order valence-electron chi connectivity index (χ4n) is 8.13. The molecule has 1 N–H and O–H groups in total. The molecule has 0 aliphatic heterocycles. The predicted octanol–water partition coefficient (Wildman–Crippen LogP) is 4.56. The Morgan fingerprint density at radius 3 is 2.54 bits per heavy atom. The van der Waals surface area contributed by atoms with Gasteiger partial charge in [0.1, 0.15) is 0 Å². The van der Waals surface area contributed by atoms with Crippen LogP contribution >= 0.6 is 0 Å². The van der Waals surface area contributed by atoms with Crippen molar-refractivity contribution >= 4 is 0 Å². The lowest BCUT2D eigenvalue weighted by Crippen LogP contribution is -2.53. The van der Waals surface area contributed by atoms with Crippen LogP contribution in [0, 0.1) is 28.6 Å². The Hall–Kier alpha value is -0.380. The van der Waals surface area contributed by atoms with Gasteiger partial charge in [0.25, 0.3) is 0 Å². The number of aliphatic hydroxyl groups excluding tert-OH is 1. The van der Waals surface area contributed by atoms with Gasteiger partial charge in [-0.1, -0.05) is 25.5 Å². The Kier molecular flexibility index (Phi) is 5.74. The van der Waals surface area contributed by atoms with Crippen LogP contribution in [0.1, 0.15) is 71.6 Å². The Morgan fingerprint density at radius 1 is 1.00 bits per heavy atom. The zero-order valence-corrected chi connectivity index (χ0v) is 19.1. The van der Waals surface area contributed by atoms with Crippen molar-refractivity contribution in [1.29, 1.82) is 0 Å². The zero-order valence-electron chi connectivity index (χ0n) is 19.1. The van der Waals surface area contributed by atoms with Gasteiger partial charge in [0.2, 0.25) is 0 Å². The molecule has 28 heavy (non-hydrogen) atoms. The van der Waals surface area contributed by atoms with E-state index in [1.165, 1.54) is 58.0 Å². The van der Waals surface area contributed by atoms with Crippen LogP contribution < -0.4 is 0 Å². The molecule has 3 saturated carbocycles. The second-order valence-corrected chi connectivity index (χ2v) is 11.4. The van der Waals surface area contributed by atoms with E-state index in [9.17, 15) is 5.11 Å². The quantitative estimate of drug-likeness (QED) is 0.699. The van der Waals surface area contributed by atoms with Gasteiger partial charge in [0.15, 0.2) is 0 Å². The Labute approximate surface area is 173 Å². The minimum absolute atomic E-state index is 0.0867. The van der Waals surface area contributed by atoms with Gasteiger partial charge in [-0.25, -0.2) is 0 Å². The summed E-state index contributed by atoms with van der Waals surface area (Å²) in [6.45, 7) is 7.61. The Balaban J connectivity index is 1.49. The van der Waals surface area contributed by atoms with E-state index in [0.717, 1.165) is 36.6 Å². The van der Waals surface area contributed by atoms with E-state index >= 15 is 0 Å². The van der Waals surface area contributed by atoms with Gasteiger partial charge in [0.05, 0.1) is 6.10 Å². The first-order valence-electron chi connectivity index (χ1n) is 12.0. The van der Waals surface area contributed by atoms with Gasteiger partial charge in [-0.3, -0.25) is 0 Å². The molecule has 0 spiro atoms. The smallest absolute Gasteiger partial charge is 0.0577 e. The molecule has 160 valence electrons. The molecule has 0 aromatic carbocycles. The first-order valence-corrected chi connectivity index (χ1v) is 12.0. The van der Waals surface area contributed by atoms with Gasteiger partial charge >= 0.3 is 0 Å². The minimum Gasteiger partial charge on any atom is -0.393 e. The van der Waals surface area contributed by atoms with Crippen molar-refractivity contribution in [3.63, 3.8) is 0 Å². The predicted molar refractivity (Wildman–Crippen MR) is 117 cm³/mol. The molecule has 0 aromatic heterocycles. The molecule has 0 bridgehead atoms. The average molecular weight is 389 g/mol. The molecule has 7 atom stereocenters. The number of hydrogen-bond donors (Lipinski definition) is 1. The van der Waals surface area contributed by atoms with Crippen molar-refractivity contribution in [1.82, 2.24) is 9.80 Å². The molecule has 0 heterocycles. The normalized spacial score (nSPS) is 45.6. The third-order valence-corrected chi connectivity index (χ3v) is 9.68. The topological polar surface area (TPSA) is 26.7 Å². The van der Waals surface area contributed by atoms with E-state index in [1.807, 2.05) is 0 Å². The van der Waals surface area contributed by atoms with Crippen molar-refractivity contribution in [2.45, 2.75) is 83.8 Å². The summed E-state index contributed by atoms with van der Waals surface area (Å²) in [4.78, 5) is 5.03. The molecule has 0 amide bonds. The van der Waals surface area contributed by atoms with E-state index in [2.05, 4.69) is 50.9 Å². The summed E-state index contributed by atoms with van der Waals surface area (Å²) in [6.07, 6.45) is 13.8. The summed E-state index contributed by atoms with van der Waals surface area (Å²) in [6, 6.07) is 0.770. The monoisotopic (exact) mass is 388 g/mol. The maximum Gasteiger partial charge on any atom is 0.0577 e. The summed E-state index contributed by atoms with van der Waals surface area (Å²) in [5, 5.41) is 10.2. The van der Waals surface area contributed by atoms with E-state index in [1.54, 1.807) is 5.57 Å². The third kappa shape index (κ3) is 3.40. The minimum atomic E-state index is -0.0867. The van der Waals surface area contributed by atoms with E-state index in [0.29, 0.717) is 10.8 Å². The number of allylic oxidation sites excluding steroid dienone is 1. The molecule has 3 heteroatoms. The van der Waals surface area contributed by atoms with Crippen LogP contribution in [-0.4, -0.2) is 61.3 Å². The summed E-state index contributed by atoms with van der Waals surface area (Å²) in [5.74, 6) is 2.63. The van der Waals surface area contributed by atoms with Crippen LogP contribution in [0.2, 0.25) is 0 Å². The first kappa shape index (κ1) is 20.9. The molecule has 0 saturated heterocycles. The number of nitrogens with zero attached hydrogens (tertiary/aromatic N) is 2. The largest absolute Gasteiger partial charge is 0.393 e. The first-order chi connectivity index (χ1) is 13.3. The SMILES string of the molecule is CN(C)CCCN(C)[C@H]1CC[C@H]2[C@@H]3CC=C4C[C@@H](O)CC[C@@]4(C)[C@H]3CC[C@]12C. The number of rotatable bonds is 5. The van der Waals surface area contributed by atoms with Gasteiger partial charge < -0.3 is 14.9 Å². The molecule has 4 aliphatic rings. The molecule has 0 aromatic rings. The molecular weight excluding hydrogens is 344 g/mol. The highest BCUT2D eigenvalue weighted by Crippen LogP contribution is 2.65. The third-order valence-electron chi connectivity index (χ3n) is 9.68.